The standard InChI is InChI=1S/C13H18F3N3/c1-17-11-7-10(13(14,15)16)8-12(9-11)19-5-3-18(2)4-6-19/h7-9,17H,3-6H2,1-2H3. The summed E-state index contributed by atoms with van der Waals surface area (Å²) in [5.74, 6) is 0. The molecule has 1 aromatic carbocycles. The number of halogens is 3. The Balaban J connectivity index is 2.29. The minimum absolute atomic E-state index is 0.490. The van der Waals surface area contributed by atoms with Gasteiger partial charge in [-0.15, -0.1) is 0 Å². The molecule has 0 radical (unpaired) electrons. The fraction of sp³-hybridized carbons (Fsp3) is 0.538. The average Bonchev–Trinajstić information content (AvgIpc) is 2.38. The van der Waals surface area contributed by atoms with Crippen LogP contribution in [-0.2, 0) is 6.18 Å². The van der Waals surface area contributed by atoms with Gasteiger partial charge in [-0.1, -0.05) is 0 Å². The summed E-state index contributed by atoms with van der Waals surface area (Å²) in [6, 6.07) is 4.13. The zero-order valence-corrected chi connectivity index (χ0v) is 11.1. The topological polar surface area (TPSA) is 18.5 Å². The Labute approximate surface area is 111 Å². The van der Waals surface area contributed by atoms with Crippen LogP contribution in [-0.4, -0.2) is 45.2 Å². The van der Waals surface area contributed by atoms with E-state index in [4.69, 9.17) is 0 Å². The Morgan fingerprint density at radius 2 is 1.68 bits per heavy atom. The van der Waals surface area contributed by atoms with Crippen molar-refractivity contribution in [3.8, 4) is 0 Å². The number of nitrogens with zero attached hydrogens (tertiary/aromatic N) is 2. The summed E-state index contributed by atoms with van der Waals surface area (Å²) in [6.45, 7) is 3.23. The van der Waals surface area contributed by atoms with E-state index in [1.165, 1.54) is 6.07 Å². The second-order valence-corrected chi connectivity index (χ2v) is 4.81. The van der Waals surface area contributed by atoms with E-state index in [1.807, 2.05) is 11.9 Å². The van der Waals surface area contributed by atoms with Crippen LogP contribution in [0.25, 0.3) is 0 Å². The van der Waals surface area contributed by atoms with Crippen LogP contribution < -0.4 is 10.2 Å². The number of hydrogen-bond donors (Lipinski definition) is 1. The van der Waals surface area contributed by atoms with Gasteiger partial charge >= 0.3 is 6.18 Å². The minimum atomic E-state index is -4.31. The SMILES string of the molecule is CNc1cc(N2CCN(C)CC2)cc(C(F)(F)F)c1. The van der Waals surface area contributed by atoms with Gasteiger partial charge in [-0.2, -0.15) is 13.2 Å². The Bertz CT molecular complexity index is 437. The lowest BCUT2D eigenvalue weighted by Crippen LogP contribution is -2.44. The molecule has 3 nitrogen and oxygen atoms in total. The van der Waals surface area contributed by atoms with Gasteiger partial charge in [-0.25, -0.2) is 0 Å². The summed E-state index contributed by atoms with van der Waals surface area (Å²) in [5.41, 5.74) is 0.518. The summed E-state index contributed by atoms with van der Waals surface area (Å²) in [6.07, 6.45) is -4.31. The van der Waals surface area contributed by atoms with Crippen molar-refractivity contribution < 1.29 is 13.2 Å². The molecule has 106 valence electrons. The monoisotopic (exact) mass is 273 g/mol. The molecule has 0 saturated carbocycles. The molecule has 19 heavy (non-hydrogen) atoms. The minimum Gasteiger partial charge on any atom is -0.388 e. The molecule has 0 aromatic heterocycles. The fourth-order valence-electron chi connectivity index (χ4n) is 2.17. The fourth-order valence-corrected chi connectivity index (χ4v) is 2.17. The highest BCUT2D eigenvalue weighted by Crippen LogP contribution is 2.34. The Morgan fingerprint density at radius 3 is 2.21 bits per heavy atom. The summed E-state index contributed by atoms with van der Waals surface area (Å²) in [5, 5.41) is 2.79. The number of anilines is 2. The van der Waals surface area contributed by atoms with Crippen molar-refractivity contribution in [3.63, 3.8) is 0 Å². The molecule has 1 aromatic rings. The second-order valence-electron chi connectivity index (χ2n) is 4.81. The largest absolute Gasteiger partial charge is 0.416 e. The molecule has 0 aliphatic carbocycles. The predicted molar refractivity (Wildman–Crippen MR) is 70.7 cm³/mol. The molecule has 0 bridgehead atoms. The molecule has 1 N–H and O–H groups in total. The molecule has 0 amide bonds. The average molecular weight is 273 g/mol. The summed E-state index contributed by atoms with van der Waals surface area (Å²) >= 11 is 0. The van der Waals surface area contributed by atoms with Crippen molar-refractivity contribution >= 4 is 11.4 Å². The van der Waals surface area contributed by atoms with E-state index < -0.39 is 11.7 Å². The first-order valence-corrected chi connectivity index (χ1v) is 6.23. The highest BCUT2D eigenvalue weighted by atomic mass is 19.4. The zero-order valence-electron chi connectivity index (χ0n) is 11.1. The third kappa shape index (κ3) is 3.32. The van der Waals surface area contributed by atoms with Crippen LogP contribution in [0.4, 0.5) is 24.5 Å². The quantitative estimate of drug-likeness (QED) is 0.893. The maximum Gasteiger partial charge on any atom is 0.416 e. The summed E-state index contributed by atoms with van der Waals surface area (Å²) in [7, 11) is 3.64. The Morgan fingerprint density at radius 1 is 1.05 bits per heavy atom. The van der Waals surface area contributed by atoms with Gasteiger partial charge in [0.15, 0.2) is 0 Å². The van der Waals surface area contributed by atoms with Crippen molar-refractivity contribution in [2.75, 3.05) is 50.5 Å². The van der Waals surface area contributed by atoms with Gasteiger partial charge < -0.3 is 15.1 Å². The van der Waals surface area contributed by atoms with Gasteiger partial charge in [0.25, 0.3) is 0 Å². The molecule has 2 rings (SSSR count). The molecule has 1 heterocycles. The Kier molecular flexibility index (Phi) is 3.89. The molecular formula is C13H18F3N3. The smallest absolute Gasteiger partial charge is 0.388 e. The number of hydrogen-bond acceptors (Lipinski definition) is 3. The number of piperazine rings is 1. The number of alkyl halides is 3. The lowest BCUT2D eigenvalue weighted by atomic mass is 10.1. The van der Waals surface area contributed by atoms with Crippen LogP contribution in [0.5, 0.6) is 0 Å². The van der Waals surface area contributed by atoms with E-state index in [0.29, 0.717) is 11.4 Å². The van der Waals surface area contributed by atoms with Crippen LogP contribution in [0, 0.1) is 0 Å². The highest BCUT2D eigenvalue weighted by Gasteiger charge is 2.31. The number of likely N-dealkylation sites (N-methyl/N-ethyl adjacent to an activating group) is 1. The van der Waals surface area contributed by atoms with E-state index in [2.05, 4.69) is 10.2 Å². The van der Waals surface area contributed by atoms with Crippen molar-refractivity contribution in [1.82, 2.24) is 4.90 Å². The first-order valence-electron chi connectivity index (χ1n) is 6.23. The molecule has 0 unspecified atom stereocenters. The maximum absolute atomic E-state index is 12.9. The van der Waals surface area contributed by atoms with E-state index in [-0.39, 0.29) is 0 Å². The third-order valence-corrected chi connectivity index (χ3v) is 3.40. The molecule has 6 heteroatoms. The van der Waals surface area contributed by atoms with Crippen LogP contribution in [0.1, 0.15) is 5.56 Å². The number of benzene rings is 1. The molecular weight excluding hydrogens is 255 g/mol. The molecule has 0 atom stereocenters. The van der Waals surface area contributed by atoms with Gasteiger partial charge in [-0.05, 0) is 25.2 Å². The van der Waals surface area contributed by atoms with E-state index >= 15 is 0 Å². The number of nitrogens with one attached hydrogen (secondary N) is 1. The van der Waals surface area contributed by atoms with Gasteiger partial charge in [-0.3, -0.25) is 0 Å². The first-order chi connectivity index (χ1) is 8.90. The lowest BCUT2D eigenvalue weighted by Gasteiger charge is -2.34. The summed E-state index contributed by atoms with van der Waals surface area (Å²) < 4.78 is 38.6. The van der Waals surface area contributed by atoms with Crippen molar-refractivity contribution in [2.24, 2.45) is 0 Å². The second kappa shape index (κ2) is 5.28. The van der Waals surface area contributed by atoms with Crippen LogP contribution >= 0.6 is 0 Å². The van der Waals surface area contributed by atoms with Crippen LogP contribution in [0.2, 0.25) is 0 Å². The predicted octanol–water partition coefficient (Wildman–Crippen LogP) is 2.50. The van der Waals surface area contributed by atoms with Gasteiger partial charge in [0, 0.05) is 44.6 Å². The van der Waals surface area contributed by atoms with Crippen molar-refractivity contribution in [1.29, 1.82) is 0 Å². The normalized spacial score (nSPS) is 17.6. The Hall–Kier alpha value is -1.43. The molecule has 1 aliphatic heterocycles. The maximum atomic E-state index is 12.9. The van der Waals surface area contributed by atoms with Crippen molar-refractivity contribution in [3.05, 3.63) is 23.8 Å². The van der Waals surface area contributed by atoms with Crippen molar-refractivity contribution in [2.45, 2.75) is 6.18 Å². The van der Waals surface area contributed by atoms with Crippen LogP contribution in [0.15, 0.2) is 18.2 Å². The van der Waals surface area contributed by atoms with E-state index in [0.717, 1.165) is 32.2 Å². The summed E-state index contributed by atoms with van der Waals surface area (Å²) in [4.78, 5) is 4.17. The van der Waals surface area contributed by atoms with Gasteiger partial charge in [0.2, 0.25) is 0 Å². The van der Waals surface area contributed by atoms with E-state index in [9.17, 15) is 13.2 Å². The lowest BCUT2D eigenvalue weighted by molar-refractivity contribution is -0.137. The van der Waals surface area contributed by atoms with Gasteiger partial charge in [0.05, 0.1) is 5.56 Å². The molecule has 1 saturated heterocycles. The zero-order chi connectivity index (χ0) is 14.0. The third-order valence-electron chi connectivity index (χ3n) is 3.40. The van der Waals surface area contributed by atoms with Crippen LogP contribution in [0.3, 0.4) is 0 Å². The first kappa shape index (κ1) is 14.0. The molecule has 1 aliphatic rings. The highest BCUT2D eigenvalue weighted by molar-refractivity contribution is 5.61. The number of rotatable bonds is 2. The molecule has 1 fully saturated rings. The van der Waals surface area contributed by atoms with E-state index in [1.54, 1.807) is 13.1 Å². The van der Waals surface area contributed by atoms with Gasteiger partial charge in [0.1, 0.15) is 0 Å². The molecule has 0 spiro atoms.